The molecule has 11 aromatic rings. The molecule has 0 aliphatic rings. The van der Waals surface area contributed by atoms with Crippen LogP contribution >= 0.6 is 0 Å². The second-order valence-corrected chi connectivity index (χ2v) is 14.1. The average Bonchev–Trinajstić information content (AvgIpc) is 3.81. The first kappa shape index (κ1) is 31.2. The monoisotopic (exact) mass is 702 g/mol. The van der Waals surface area contributed by atoms with Crippen LogP contribution in [0.4, 0.5) is 17.1 Å². The van der Waals surface area contributed by atoms with E-state index < -0.39 is 0 Å². The van der Waals surface area contributed by atoms with Crippen molar-refractivity contribution in [3.63, 3.8) is 0 Å². The molecule has 0 atom stereocenters. The van der Waals surface area contributed by atoms with E-state index in [1.165, 1.54) is 32.7 Å². The van der Waals surface area contributed by atoms with Gasteiger partial charge in [0, 0.05) is 32.8 Å². The third-order valence-electron chi connectivity index (χ3n) is 11.0. The minimum absolute atomic E-state index is 0.852. The zero-order valence-electron chi connectivity index (χ0n) is 29.9. The lowest BCUT2D eigenvalue weighted by atomic mass is 9.93. The van der Waals surface area contributed by atoms with Crippen LogP contribution in [-0.2, 0) is 0 Å². The summed E-state index contributed by atoms with van der Waals surface area (Å²) in [5, 5.41) is 7.02. The third kappa shape index (κ3) is 4.98. The number of para-hydroxylation sites is 4. The molecule has 2 aromatic heterocycles. The number of furan rings is 1. The Morgan fingerprint density at radius 1 is 0.382 bits per heavy atom. The molecule has 0 spiro atoms. The number of rotatable bonds is 6. The van der Waals surface area contributed by atoms with Gasteiger partial charge in [0.25, 0.3) is 0 Å². The molecular formula is C52H34N2O. The normalized spacial score (nSPS) is 11.6. The van der Waals surface area contributed by atoms with E-state index in [-0.39, 0.29) is 0 Å². The molecule has 3 nitrogen and oxygen atoms in total. The molecule has 0 saturated heterocycles. The fourth-order valence-corrected chi connectivity index (χ4v) is 8.56. The number of nitrogens with zero attached hydrogens (tertiary/aromatic N) is 2. The summed E-state index contributed by atoms with van der Waals surface area (Å²) in [4.78, 5) is 2.43. The molecule has 0 unspecified atom stereocenters. The molecule has 55 heavy (non-hydrogen) atoms. The molecule has 0 bridgehead atoms. The highest BCUT2D eigenvalue weighted by molar-refractivity contribution is 6.19. The summed E-state index contributed by atoms with van der Waals surface area (Å²) in [5.41, 5.74) is 12.9. The molecule has 0 fully saturated rings. The fourth-order valence-electron chi connectivity index (χ4n) is 8.56. The first-order valence-corrected chi connectivity index (χ1v) is 18.8. The Labute approximate surface area is 318 Å². The van der Waals surface area contributed by atoms with Crippen LogP contribution in [0, 0.1) is 0 Å². The van der Waals surface area contributed by atoms with Gasteiger partial charge in [-0.3, -0.25) is 0 Å². The highest BCUT2D eigenvalue weighted by Crippen LogP contribution is 2.50. The van der Waals surface area contributed by atoms with Crippen LogP contribution in [0.1, 0.15) is 0 Å². The van der Waals surface area contributed by atoms with E-state index in [4.69, 9.17) is 4.42 Å². The molecule has 0 aliphatic carbocycles. The van der Waals surface area contributed by atoms with Crippen LogP contribution in [0.5, 0.6) is 0 Å². The van der Waals surface area contributed by atoms with E-state index in [1.807, 2.05) is 6.07 Å². The lowest BCUT2D eigenvalue weighted by molar-refractivity contribution is 0.669. The second-order valence-electron chi connectivity index (χ2n) is 14.1. The van der Waals surface area contributed by atoms with Gasteiger partial charge in [0.15, 0.2) is 5.58 Å². The molecule has 3 heteroatoms. The first-order valence-electron chi connectivity index (χ1n) is 18.8. The molecule has 0 saturated carbocycles. The van der Waals surface area contributed by atoms with Crippen LogP contribution < -0.4 is 4.90 Å². The average molecular weight is 703 g/mol. The van der Waals surface area contributed by atoms with E-state index in [2.05, 4.69) is 210 Å². The number of anilines is 3. The van der Waals surface area contributed by atoms with Gasteiger partial charge < -0.3 is 13.9 Å². The Balaban J connectivity index is 1.26. The Kier molecular flexibility index (Phi) is 7.17. The van der Waals surface area contributed by atoms with Crippen LogP contribution in [-0.4, -0.2) is 4.57 Å². The third-order valence-corrected chi connectivity index (χ3v) is 11.0. The summed E-state index contributed by atoms with van der Waals surface area (Å²) < 4.78 is 9.21. The van der Waals surface area contributed by atoms with E-state index in [0.717, 1.165) is 66.8 Å². The number of benzene rings is 9. The molecule has 2 heterocycles. The van der Waals surface area contributed by atoms with Crippen molar-refractivity contribution < 1.29 is 4.42 Å². The van der Waals surface area contributed by atoms with Crippen molar-refractivity contribution in [2.45, 2.75) is 0 Å². The van der Waals surface area contributed by atoms with Gasteiger partial charge in [0.1, 0.15) is 5.58 Å². The van der Waals surface area contributed by atoms with Crippen molar-refractivity contribution >= 4 is 71.6 Å². The molecule has 0 N–H and O–H groups in total. The SMILES string of the molecule is c1ccc(-c2cc(-c3cccc4ccccc34)ccc2N(c2cccc3c2oc2ccccc23)c2cccc3c2c2ccccc2n3-c2ccccc2)cc1. The molecule has 0 amide bonds. The van der Waals surface area contributed by atoms with Crippen molar-refractivity contribution in [2.24, 2.45) is 0 Å². The first-order chi connectivity index (χ1) is 27.3. The van der Waals surface area contributed by atoms with Crippen molar-refractivity contribution in [1.82, 2.24) is 4.57 Å². The minimum Gasteiger partial charge on any atom is -0.454 e. The van der Waals surface area contributed by atoms with Crippen LogP contribution in [0.25, 0.3) is 82.5 Å². The van der Waals surface area contributed by atoms with Gasteiger partial charge >= 0.3 is 0 Å². The summed E-state index contributed by atoms with van der Waals surface area (Å²) in [6.07, 6.45) is 0. The highest BCUT2D eigenvalue weighted by Gasteiger charge is 2.26. The molecular weight excluding hydrogens is 669 g/mol. The molecule has 258 valence electrons. The van der Waals surface area contributed by atoms with Crippen LogP contribution in [0.2, 0.25) is 0 Å². The summed E-state index contributed by atoms with van der Waals surface area (Å²) >= 11 is 0. The maximum absolute atomic E-state index is 6.82. The van der Waals surface area contributed by atoms with E-state index in [9.17, 15) is 0 Å². The van der Waals surface area contributed by atoms with Gasteiger partial charge in [0.05, 0.1) is 28.1 Å². The summed E-state index contributed by atoms with van der Waals surface area (Å²) in [6, 6.07) is 73.9. The lowest BCUT2D eigenvalue weighted by Crippen LogP contribution is -2.12. The van der Waals surface area contributed by atoms with Gasteiger partial charge in [-0.2, -0.15) is 0 Å². The number of hydrogen-bond donors (Lipinski definition) is 0. The maximum atomic E-state index is 6.82. The van der Waals surface area contributed by atoms with Gasteiger partial charge in [-0.15, -0.1) is 0 Å². The topological polar surface area (TPSA) is 21.3 Å². The van der Waals surface area contributed by atoms with Gasteiger partial charge in [-0.1, -0.05) is 152 Å². The number of fused-ring (bicyclic) bond motifs is 7. The largest absolute Gasteiger partial charge is 0.454 e. The Morgan fingerprint density at radius 2 is 1.02 bits per heavy atom. The smallest absolute Gasteiger partial charge is 0.159 e. The Hall–Kier alpha value is -7.36. The summed E-state index contributed by atoms with van der Waals surface area (Å²) in [5.74, 6) is 0. The Bertz CT molecular complexity index is 3200. The van der Waals surface area contributed by atoms with E-state index in [0.29, 0.717) is 0 Å². The zero-order chi connectivity index (χ0) is 36.3. The number of hydrogen-bond acceptors (Lipinski definition) is 2. The maximum Gasteiger partial charge on any atom is 0.159 e. The van der Waals surface area contributed by atoms with Crippen molar-refractivity contribution in [1.29, 1.82) is 0 Å². The summed E-state index contributed by atoms with van der Waals surface area (Å²) in [7, 11) is 0. The lowest BCUT2D eigenvalue weighted by Gasteiger charge is -2.29. The van der Waals surface area contributed by atoms with Crippen LogP contribution in [0.15, 0.2) is 211 Å². The predicted octanol–water partition coefficient (Wildman–Crippen LogP) is 14.6. The Morgan fingerprint density at radius 3 is 1.89 bits per heavy atom. The molecule has 9 aromatic carbocycles. The quantitative estimate of drug-likeness (QED) is 0.172. The summed E-state index contributed by atoms with van der Waals surface area (Å²) in [6.45, 7) is 0. The minimum atomic E-state index is 0.852. The number of aromatic nitrogens is 1. The van der Waals surface area contributed by atoms with E-state index >= 15 is 0 Å². The zero-order valence-corrected chi connectivity index (χ0v) is 29.9. The van der Waals surface area contributed by atoms with Gasteiger partial charge in [-0.05, 0) is 82.1 Å². The van der Waals surface area contributed by atoms with Gasteiger partial charge in [-0.25, -0.2) is 0 Å². The van der Waals surface area contributed by atoms with Crippen molar-refractivity contribution in [3.8, 4) is 27.9 Å². The molecule has 0 radical (unpaired) electrons. The standard InChI is InChI=1S/C52H34N2O/c1-3-16-36(17-4-1)44-34-37(40-25-13-19-35-18-7-8-22-39(35)40)32-33-46(44)54(49-30-14-26-42-41-23-10-12-31-50(41)55-52(42)49)48-29-15-28-47-51(48)43-24-9-11-27-45(43)53(47)38-20-5-2-6-21-38/h1-34H. The second kappa shape index (κ2) is 12.6. The molecule has 11 rings (SSSR count). The van der Waals surface area contributed by atoms with Crippen molar-refractivity contribution in [2.75, 3.05) is 4.90 Å². The molecule has 0 aliphatic heterocycles. The fraction of sp³-hybridized carbons (Fsp3) is 0. The predicted molar refractivity (Wildman–Crippen MR) is 231 cm³/mol. The highest BCUT2D eigenvalue weighted by atomic mass is 16.3. The van der Waals surface area contributed by atoms with Crippen LogP contribution in [0.3, 0.4) is 0 Å². The van der Waals surface area contributed by atoms with E-state index in [1.54, 1.807) is 0 Å². The van der Waals surface area contributed by atoms with Crippen molar-refractivity contribution in [3.05, 3.63) is 206 Å². The van der Waals surface area contributed by atoms with Gasteiger partial charge in [0.2, 0.25) is 0 Å².